The Morgan fingerprint density at radius 2 is 1.72 bits per heavy atom. The molecule has 128 valence electrons. The Kier molecular flexibility index (Phi) is 6.26. The summed E-state index contributed by atoms with van der Waals surface area (Å²) < 4.78 is 32.2. The van der Waals surface area contributed by atoms with Crippen LogP contribution in [-0.2, 0) is 21.3 Å². The molecule has 25 heavy (non-hydrogen) atoms. The minimum atomic E-state index is -3.79. The second kappa shape index (κ2) is 8.41. The normalized spacial score (nSPS) is 11.0. The highest BCUT2D eigenvalue weighted by Gasteiger charge is 2.25. The van der Waals surface area contributed by atoms with Crippen LogP contribution < -0.4 is 0 Å². The number of nitriles is 2. The quantitative estimate of drug-likeness (QED) is 0.759. The number of sulfonamides is 1. The molecule has 0 amide bonds. The van der Waals surface area contributed by atoms with E-state index in [0.717, 1.165) is 0 Å². The van der Waals surface area contributed by atoms with Gasteiger partial charge in [-0.1, -0.05) is 18.2 Å². The Hall–Kier alpha value is -2.71. The third kappa shape index (κ3) is 4.43. The highest BCUT2D eigenvalue weighted by molar-refractivity contribution is 7.89. The van der Waals surface area contributed by atoms with Gasteiger partial charge >= 0.3 is 0 Å². The maximum Gasteiger partial charge on any atom is 0.243 e. The van der Waals surface area contributed by atoms with Crippen molar-refractivity contribution >= 4 is 10.0 Å². The average molecular weight is 355 g/mol. The number of nitrogens with zero attached hydrogens (tertiary/aromatic N) is 3. The zero-order valence-corrected chi connectivity index (χ0v) is 14.5. The van der Waals surface area contributed by atoms with Gasteiger partial charge in [-0.05, 0) is 35.9 Å². The lowest BCUT2D eigenvalue weighted by molar-refractivity contribution is 0.177. The standard InChI is InChI=1S/C18H17N3O3S/c1-24-11-10-21(14-17-5-3-2-4-16(17)13-20)25(22,23)18-8-6-15(12-19)7-9-18/h2-9H,10-11,14H2,1H3. The highest BCUT2D eigenvalue weighted by atomic mass is 32.2. The van der Waals surface area contributed by atoms with Gasteiger partial charge in [0.15, 0.2) is 0 Å². The molecule has 0 spiro atoms. The summed E-state index contributed by atoms with van der Waals surface area (Å²) >= 11 is 0. The van der Waals surface area contributed by atoms with E-state index in [-0.39, 0.29) is 24.6 Å². The van der Waals surface area contributed by atoms with Crippen LogP contribution >= 0.6 is 0 Å². The van der Waals surface area contributed by atoms with Crippen LogP contribution in [0.4, 0.5) is 0 Å². The van der Waals surface area contributed by atoms with E-state index in [1.807, 2.05) is 6.07 Å². The fraction of sp³-hybridized carbons (Fsp3) is 0.222. The van der Waals surface area contributed by atoms with Gasteiger partial charge < -0.3 is 4.74 Å². The van der Waals surface area contributed by atoms with Gasteiger partial charge in [-0.3, -0.25) is 0 Å². The second-order valence-corrected chi connectivity index (χ2v) is 7.17. The van der Waals surface area contributed by atoms with Gasteiger partial charge in [-0.25, -0.2) is 8.42 Å². The van der Waals surface area contributed by atoms with Crippen LogP contribution in [0.2, 0.25) is 0 Å². The molecule has 0 aliphatic rings. The summed E-state index contributed by atoms with van der Waals surface area (Å²) in [6, 6.07) is 16.6. The number of ether oxygens (including phenoxy) is 1. The van der Waals surface area contributed by atoms with E-state index in [1.165, 1.54) is 35.7 Å². The molecule has 0 aromatic heterocycles. The molecule has 0 heterocycles. The minimum absolute atomic E-state index is 0.0649. The molecule has 0 fully saturated rings. The Bertz CT molecular complexity index is 910. The number of rotatable bonds is 7. The van der Waals surface area contributed by atoms with Gasteiger partial charge in [0.25, 0.3) is 0 Å². The number of hydrogen-bond donors (Lipinski definition) is 0. The lowest BCUT2D eigenvalue weighted by atomic mass is 10.1. The first-order chi connectivity index (χ1) is 12.0. The first kappa shape index (κ1) is 18.6. The topological polar surface area (TPSA) is 94.2 Å². The molecule has 0 saturated heterocycles. The van der Waals surface area contributed by atoms with Crippen LogP contribution in [-0.4, -0.2) is 33.0 Å². The number of methoxy groups -OCH3 is 1. The Labute approximate surface area is 147 Å². The second-order valence-electron chi connectivity index (χ2n) is 5.24. The van der Waals surface area contributed by atoms with Gasteiger partial charge in [0.2, 0.25) is 10.0 Å². The van der Waals surface area contributed by atoms with E-state index < -0.39 is 10.0 Å². The Balaban J connectivity index is 2.38. The maximum atomic E-state index is 12.9. The first-order valence-corrected chi connectivity index (χ1v) is 8.94. The van der Waals surface area contributed by atoms with Crippen molar-refractivity contribution in [2.24, 2.45) is 0 Å². The zero-order valence-electron chi connectivity index (χ0n) is 13.7. The molecule has 2 aromatic rings. The van der Waals surface area contributed by atoms with E-state index >= 15 is 0 Å². The predicted molar refractivity (Wildman–Crippen MR) is 91.8 cm³/mol. The summed E-state index contributed by atoms with van der Waals surface area (Å²) in [7, 11) is -2.29. The minimum Gasteiger partial charge on any atom is -0.383 e. The van der Waals surface area contributed by atoms with Crippen LogP contribution in [0.5, 0.6) is 0 Å². The first-order valence-electron chi connectivity index (χ1n) is 7.50. The van der Waals surface area contributed by atoms with Crippen LogP contribution in [0.3, 0.4) is 0 Å². The fourth-order valence-corrected chi connectivity index (χ4v) is 3.69. The lowest BCUT2D eigenvalue weighted by Gasteiger charge is -2.22. The summed E-state index contributed by atoms with van der Waals surface area (Å²) in [5, 5.41) is 18.1. The molecule has 7 heteroatoms. The SMILES string of the molecule is COCCN(Cc1ccccc1C#N)S(=O)(=O)c1ccc(C#N)cc1. The third-order valence-electron chi connectivity index (χ3n) is 3.65. The fourth-order valence-electron chi connectivity index (χ4n) is 2.29. The molecule has 2 aromatic carbocycles. The van der Waals surface area contributed by atoms with Crippen LogP contribution in [0.15, 0.2) is 53.4 Å². The Morgan fingerprint density at radius 1 is 1.04 bits per heavy atom. The molecule has 2 rings (SSSR count). The zero-order chi connectivity index (χ0) is 18.3. The molecule has 0 saturated carbocycles. The molecule has 6 nitrogen and oxygen atoms in total. The molecule has 0 bridgehead atoms. The van der Waals surface area contributed by atoms with Crippen molar-refractivity contribution in [1.82, 2.24) is 4.31 Å². The van der Waals surface area contributed by atoms with Crippen molar-refractivity contribution in [2.75, 3.05) is 20.3 Å². The lowest BCUT2D eigenvalue weighted by Crippen LogP contribution is -2.33. The van der Waals surface area contributed by atoms with Crippen molar-refractivity contribution in [2.45, 2.75) is 11.4 Å². The van der Waals surface area contributed by atoms with Gasteiger partial charge in [-0.2, -0.15) is 14.8 Å². The Morgan fingerprint density at radius 3 is 2.32 bits per heavy atom. The van der Waals surface area contributed by atoms with Crippen molar-refractivity contribution in [3.8, 4) is 12.1 Å². The number of benzene rings is 2. The van der Waals surface area contributed by atoms with E-state index in [2.05, 4.69) is 6.07 Å². The molecule has 0 radical (unpaired) electrons. The highest BCUT2D eigenvalue weighted by Crippen LogP contribution is 2.20. The molecular weight excluding hydrogens is 338 g/mol. The van der Waals surface area contributed by atoms with E-state index in [0.29, 0.717) is 16.7 Å². The van der Waals surface area contributed by atoms with Gasteiger partial charge in [0, 0.05) is 20.2 Å². The third-order valence-corrected chi connectivity index (χ3v) is 5.51. The monoisotopic (exact) mass is 355 g/mol. The van der Waals surface area contributed by atoms with E-state index in [1.54, 1.807) is 24.3 Å². The smallest absolute Gasteiger partial charge is 0.243 e. The van der Waals surface area contributed by atoms with Gasteiger partial charge in [0.1, 0.15) is 0 Å². The molecule has 0 atom stereocenters. The van der Waals surface area contributed by atoms with Crippen molar-refractivity contribution in [3.05, 3.63) is 65.2 Å². The van der Waals surface area contributed by atoms with Crippen LogP contribution in [0, 0.1) is 22.7 Å². The molecular formula is C18H17N3O3S. The van der Waals surface area contributed by atoms with Gasteiger partial charge in [0.05, 0.1) is 34.8 Å². The summed E-state index contributed by atoms with van der Waals surface area (Å²) in [5.74, 6) is 0. The summed E-state index contributed by atoms with van der Waals surface area (Å²) in [5.41, 5.74) is 1.44. The average Bonchev–Trinajstić information content (AvgIpc) is 2.65. The van der Waals surface area contributed by atoms with Crippen LogP contribution in [0.1, 0.15) is 16.7 Å². The van der Waals surface area contributed by atoms with E-state index in [9.17, 15) is 13.7 Å². The summed E-state index contributed by atoms with van der Waals surface area (Å²) in [6.45, 7) is 0.443. The molecule has 0 aliphatic carbocycles. The maximum absolute atomic E-state index is 12.9. The molecule has 0 unspecified atom stereocenters. The van der Waals surface area contributed by atoms with Crippen molar-refractivity contribution in [1.29, 1.82) is 10.5 Å². The molecule has 0 N–H and O–H groups in total. The van der Waals surface area contributed by atoms with Gasteiger partial charge in [-0.15, -0.1) is 0 Å². The summed E-state index contributed by atoms with van der Waals surface area (Å²) in [4.78, 5) is 0.0945. The van der Waals surface area contributed by atoms with Crippen molar-refractivity contribution in [3.63, 3.8) is 0 Å². The summed E-state index contributed by atoms with van der Waals surface area (Å²) in [6.07, 6.45) is 0. The number of hydrogen-bond acceptors (Lipinski definition) is 5. The largest absolute Gasteiger partial charge is 0.383 e. The van der Waals surface area contributed by atoms with E-state index in [4.69, 9.17) is 10.00 Å². The van der Waals surface area contributed by atoms with Crippen LogP contribution in [0.25, 0.3) is 0 Å². The molecule has 0 aliphatic heterocycles. The predicted octanol–water partition coefficient (Wildman–Crippen LogP) is 2.27. The van der Waals surface area contributed by atoms with Crippen molar-refractivity contribution < 1.29 is 13.2 Å².